The molecule has 0 amide bonds. The smallest absolute Gasteiger partial charge is 0.243 e. The molecule has 1 fully saturated rings. The third kappa shape index (κ3) is 4.55. The lowest BCUT2D eigenvalue weighted by Gasteiger charge is -2.31. The number of sulfonamides is 1. The Labute approximate surface area is 165 Å². The van der Waals surface area contributed by atoms with E-state index in [2.05, 4.69) is 0 Å². The highest BCUT2D eigenvalue weighted by Crippen LogP contribution is 2.23. The van der Waals surface area contributed by atoms with Gasteiger partial charge in [0.1, 0.15) is 18.0 Å². The quantitative estimate of drug-likeness (QED) is 0.781. The summed E-state index contributed by atoms with van der Waals surface area (Å²) in [6.45, 7) is 3.14. The van der Waals surface area contributed by atoms with Gasteiger partial charge in [0.2, 0.25) is 10.0 Å². The van der Waals surface area contributed by atoms with Crippen molar-refractivity contribution < 1.29 is 22.8 Å². The standard InChI is InChI=1S/C19H23ClN2O4S/c1-25-17-6-7-19(26-2)15(12-17)14-21-8-10-22(11-9-21)27(23,24)18-5-3-4-16(20)13-18/h3-7,12-13H,8-11,14H2,1-2H3/p+1. The Morgan fingerprint density at radius 2 is 1.81 bits per heavy atom. The fourth-order valence-corrected chi connectivity index (χ4v) is 5.03. The molecule has 1 saturated heterocycles. The normalized spacial score (nSPS) is 16.3. The zero-order valence-corrected chi connectivity index (χ0v) is 17.0. The van der Waals surface area contributed by atoms with Crippen LogP contribution in [0.2, 0.25) is 5.02 Å². The van der Waals surface area contributed by atoms with Gasteiger partial charge in [-0.05, 0) is 36.4 Å². The highest BCUT2D eigenvalue weighted by molar-refractivity contribution is 7.89. The summed E-state index contributed by atoms with van der Waals surface area (Å²) in [5.41, 5.74) is 1.05. The average Bonchev–Trinajstić information content (AvgIpc) is 2.68. The Morgan fingerprint density at radius 3 is 2.44 bits per heavy atom. The second kappa shape index (κ2) is 8.48. The van der Waals surface area contributed by atoms with E-state index < -0.39 is 10.0 Å². The van der Waals surface area contributed by atoms with E-state index in [4.69, 9.17) is 21.1 Å². The average molecular weight is 412 g/mol. The predicted octanol–water partition coefficient (Wildman–Crippen LogP) is 1.45. The summed E-state index contributed by atoms with van der Waals surface area (Å²) in [7, 11) is -0.228. The first kappa shape index (κ1) is 19.9. The van der Waals surface area contributed by atoms with Gasteiger partial charge >= 0.3 is 0 Å². The lowest BCUT2D eigenvalue weighted by Crippen LogP contribution is -3.13. The van der Waals surface area contributed by atoms with Gasteiger partial charge in [-0.25, -0.2) is 8.42 Å². The second-order valence-electron chi connectivity index (χ2n) is 6.47. The molecular weight excluding hydrogens is 388 g/mol. The summed E-state index contributed by atoms with van der Waals surface area (Å²) < 4.78 is 37.9. The first-order chi connectivity index (χ1) is 12.9. The molecule has 8 heteroatoms. The first-order valence-electron chi connectivity index (χ1n) is 8.74. The molecule has 0 atom stereocenters. The zero-order chi connectivity index (χ0) is 19.4. The number of benzene rings is 2. The number of rotatable bonds is 6. The number of hydrogen-bond acceptors (Lipinski definition) is 4. The van der Waals surface area contributed by atoms with Gasteiger partial charge in [-0.3, -0.25) is 0 Å². The predicted molar refractivity (Wildman–Crippen MR) is 104 cm³/mol. The number of methoxy groups -OCH3 is 2. The molecule has 1 N–H and O–H groups in total. The molecule has 0 aromatic heterocycles. The first-order valence-corrected chi connectivity index (χ1v) is 10.6. The highest BCUT2D eigenvalue weighted by atomic mass is 35.5. The van der Waals surface area contributed by atoms with Crippen molar-refractivity contribution in [2.45, 2.75) is 11.4 Å². The van der Waals surface area contributed by atoms with Crippen LogP contribution in [0, 0.1) is 0 Å². The maximum atomic E-state index is 12.8. The van der Waals surface area contributed by atoms with Crippen molar-refractivity contribution in [3.8, 4) is 11.5 Å². The number of halogens is 1. The Balaban J connectivity index is 1.67. The maximum Gasteiger partial charge on any atom is 0.243 e. The fraction of sp³-hybridized carbons (Fsp3) is 0.368. The minimum absolute atomic E-state index is 0.243. The molecule has 2 aromatic rings. The van der Waals surface area contributed by atoms with Crippen LogP contribution >= 0.6 is 11.6 Å². The fourth-order valence-electron chi connectivity index (χ4n) is 3.29. The molecule has 1 aliphatic heterocycles. The van der Waals surface area contributed by atoms with Crippen LogP contribution in [0.1, 0.15) is 5.56 Å². The summed E-state index contributed by atoms with van der Waals surface area (Å²) in [5.74, 6) is 1.60. The highest BCUT2D eigenvalue weighted by Gasteiger charge is 2.30. The van der Waals surface area contributed by atoms with Crippen LogP contribution in [-0.4, -0.2) is 53.1 Å². The van der Waals surface area contributed by atoms with E-state index in [1.165, 1.54) is 15.3 Å². The van der Waals surface area contributed by atoms with Crippen molar-refractivity contribution in [3.63, 3.8) is 0 Å². The van der Waals surface area contributed by atoms with E-state index in [0.29, 0.717) is 18.1 Å². The van der Waals surface area contributed by atoms with Gasteiger partial charge < -0.3 is 14.4 Å². The molecule has 0 saturated carbocycles. The van der Waals surface area contributed by atoms with Gasteiger partial charge in [0, 0.05) is 5.02 Å². The molecule has 2 aromatic carbocycles. The molecule has 0 bridgehead atoms. The Hall–Kier alpha value is -1.80. The largest absolute Gasteiger partial charge is 0.497 e. The molecular formula is C19H24ClN2O4S+. The van der Waals surface area contributed by atoms with Crippen molar-refractivity contribution in [2.24, 2.45) is 0 Å². The number of piperazine rings is 1. The number of nitrogens with zero attached hydrogens (tertiary/aromatic N) is 1. The summed E-state index contributed by atoms with van der Waals surface area (Å²) in [4.78, 5) is 1.55. The second-order valence-corrected chi connectivity index (χ2v) is 8.84. The Morgan fingerprint density at radius 1 is 1.07 bits per heavy atom. The minimum atomic E-state index is -3.51. The van der Waals surface area contributed by atoms with Crippen molar-refractivity contribution in [1.82, 2.24) is 4.31 Å². The number of ether oxygens (including phenoxy) is 2. The monoisotopic (exact) mass is 411 g/mol. The SMILES string of the molecule is COc1ccc(OC)c(C[NH+]2CCN(S(=O)(=O)c3cccc(Cl)c3)CC2)c1. The van der Waals surface area contributed by atoms with Crippen LogP contribution < -0.4 is 14.4 Å². The molecule has 0 radical (unpaired) electrons. The third-order valence-corrected chi connectivity index (χ3v) is 6.92. The lowest BCUT2D eigenvalue weighted by atomic mass is 10.1. The zero-order valence-electron chi connectivity index (χ0n) is 15.4. The van der Waals surface area contributed by atoms with E-state index in [-0.39, 0.29) is 4.90 Å². The van der Waals surface area contributed by atoms with Gasteiger partial charge in [0.15, 0.2) is 0 Å². The summed E-state index contributed by atoms with van der Waals surface area (Å²) in [6, 6.07) is 12.1. The van der Waals surface area contributed by atoms with Crippen LogP contribution in [0.15, 0.2) is 47.4 Å². The number of hydrogen-bond donors (Lipinski definition) is 1. The van der Waals surface area contributed by atoms with Crippen molar-refractivity contribution in [3.05, 3.63) is 53.1 Å². The van der Waals surface area contributed by atoms with Crippen LogP contribution in [0.5, 0.6) is 11.5 Å². The van der Waals surface area contributed by atoms with Crippen molar-refractivity contribution >= 4 is 21.6 Å². The van der Waals surface area contributed by atoms with Crippen LogP contribution in [-0.2, 0) is 16.6 Å². The summed E-state index contributed by atoms with van der Waals surface area (Å²) >= 11 is 5.95. The van der Waals surface area contributed by atoms with Crippen LogP contribution in [0.4, 0.5) is 0 Å². The van der Waals surface area contributed by atoms with E-state index in [9.17, 15) is 8.42 Å². The third-order valence-electron chi connectivity index (χ3n) is 4.79. The number of quaternary nitrogens is 1. The van der Waals surface area contributed by atoms with Gasteiger partial charge in [-0.15, -0.1) is 0 Å². The Kier molecular flexibility index (Phi) is 6.26. The lowest BCUT2D eigenvalue weighted by molar-refractivity contribution is -0.917. The molecule has 27 heavy (non-hydrogen) atoms. The van der Waals surface area contributed by atoms with Crippen molar-refractivity contribution in [1.29, 1.82) is 0 Å². The van der Waals surface area contributed by atoms with E-state index in [1.54, 1.807) is 32.4 Å². The molecule has 3 rings (SSSR count). The molecule has 146 valence electrons. The molecule has 6 nitrogen and oxygen atoms in total. The van der Waals surface area contributed by atoms with Gasteiger partial charge in [-0.1, -0.05) is 17.7 Å². The van der Waals surface area contributed by atoms with Gasteiger partial charge in [0.25, 0.3) is 0 Å². The van der Waals surface area contributed by atoms with E-state index >= 15 is 0 Å². The topological polar surface area (TPSA) is 60.3 Å². The summed E-state index contributed by atoms with van der Waals surface area (Å²) in [5, 5.41) is 0.422. The van der Waals surface area contributed by atoms with Crippen molar-refractivity contribution in [2.75, 3.05) is 40.4 Å². The molecule has 0 spiro atoms. The molecule has 1 heterocycles. The van der Waals surface area contributed by atoms with E-state index in [1.807, 2.05) is 18.2 Å². The van der Waals surface area contributed by atoms with Gasteiger partial charge in [0.05, 0.1) is 50.9 Å². The van der Waals surface area contributed by atoms with Gasteiger partial charge in [-0.2, -0.15) is 4.31 Å². The minimum Gasteiger partial charge on any atom is -0.497 e. The Bertz CT molecular complexity index is 896. The summed E-state index contributed by atoms with van der Waals surface area (Å²) in [6.07, 6.45) is 0. The van der Waals surface area contributed by atoms with Crippen LogP contribution in [0.3, 0.4) is 0 Å². The molecule has 0 unspecified atom stereocenters. The molecule has 0 aliphatic carbocycles. The van der Waals surface area contributed by atoms with E-state index in [0.717, 1.165) is 36.7 Å². The number of nitrogens with one attached hydrogen (secondary N) is 1. The maximum absolute atomic E-state index is 12.8. The molecule has 1 aliphatic rings. The van der Waals surface area contributed by atoms with Crippen LogP contribution in [0.25, 0.3) is 0 Å².